The summed E-state index contributed by atoms with van der Waals surface area (Å²) in [7, 11) is 0. The van der Waals surface area contributed by atoms with Crippen LogP contribution in [0.4, 0.5) is 0 Å². The van der Waals surface area contributed by atoms with Crippen LogP contribution in [0.25, 0.3) is 0 Å². The molecule has 0 bridgehead atoms. The van der Waals surface area contributed by atoms with Crippen molar-refractivity contribution in [2.45, 2.75) is 39.0 Å². The number of Topliss-reactive ketones (excluding diaryl/α,β-unsaturated/α-hetero) is 1. The fraction of sp³-hybridized carbons (Fsp3) is 0.500. The Labute approximate surface area is 91.5 Å². The second kappa shape index (κ2) is 4.61. The predicted molar refractivity (Wildman–Crippen MR) is 61.8 cm³/mol. The molecule has 2 rings (SSSR count). The van der Waals surface area contributed by atoms with Crippen molar-refractivity contribution in [1.29, 1.82) is 0 Å². The molecule has 1 aliphatic carbocycles. The minimum absolute atomic E-state index is 0.293. The normalized spacial score (nSPS) is 21.7. The average molecular weight is 202 g/mol. The molecule has 1 aliphatic rings. The molecular weight excluding hydrogens is 184 g/mol. The van der Waals surface area contributed by atoms with E-state index < -0.39 is 0 Å². The van der Waals surface area contributed by atoms with Crippen LogP contribution in [0.15, 0.2) is 24.3 Å². The molecule has 80 valence electrons. The molecule has 0 aromatic heterocycles. The molecule has 1 saturated carbocycles. The van der Waals surface area contributed by atoms with Gasteiger partial charge in [-0.25, -0.2) is 0 Å². The van der Waals surface area contributed by atoms with Gasteiger partial charge in [0.05, 0.1) is 0 Å². The molecule has 1 heteroatoms. The van der Waals surface area contributed by atoms with Crippen LogP contribution in [0.3, 0.4) is 0 Å². The SMILES string of the molecule is Cc1ccc(C[C@@H]2CCCCC2=O)cc1. The topological polar surface area (TPSA) is 17.1 Å². The third-order valence-electron chi connectivity index (χ3n) is 3.28. The van der Waals surface area contributed by atoms with Gasteiger partial charge in [-0.1, -0.05) is 36.2 Å². The van der Waals surface area contributed by atoms with E-state index in [9.17, 15) is 4.79 Å². The van der Waals surface area contributed by atoms with Crippen LogP contribution in [-0.2, 0) is 11.2 Å². The molecule has 1 aromatic rings. The minimum atomic E-state index is 0.293. The number of rotatable bonds is 2. The lowest BCUT2D eigenvalue weighted by Gasteiger charge is -2.20. The maximum atomic E-state index is 11.7. The van der Waals surface area contributed by atoms with Gasteiger partial charge in [0.15, 0.2) is 0 Å². The fourth-order valence-corrected chi connectivity index (χ4v) is 2.28. The standard InChI is InChI=1S/C14H18O/c1-11-6-8-12(9-7-11)10-13-4-2-3-5-14(13)15/h6-9,13H,2-5,10H2,1H3/t13-/m0/s1. The first-order valence-corrected chi connectivity index (χ1v) is 5.84. The van der Waals surface area contributed by atoms with Crippen molar-refractivity contribution in [3.05, 3.63) is 35.4 Å². The van der Waals surface area contributed by atoms with Gasteiger partial charge in [-0.05, 0) is 31.7 Å². The van der Waals surface area contributed by atoms with E-state index in [1.165, 1.54) is 17.5 Å². The Hall–Kier alpha value is -1.11. The molecule has 0 N–H and O–H groups in total. The maximum absolute atomic E-state index is 11.7. The highest BCUT2D eigenvalue weighted by Crippen LogP contribution is 2.24. The number of carbonyl (C=O) groups excluding carboxylic acids is 1. The lowest BCUT2D eigenvalue weighted by atomic mass is 9.84. The zero-order chi connectivity index (χ0) is 10.7. The lowest BCUT2D eigenvalue weighted by molar-refractivity contribution is -0.124. The summed E-state index contributed by atoms with van der Waals surface area (Å²) in [4.78, 5) is 11.7. The molecule has 0 spiro atoms. The second-order valence-corrected chi connectivity index (χ2v) is 4.60. The largest absolute Gasteiger partial charge is 0.299 e. The van der Waals surface area contributed by atoms with Gasteiger partial charge in [0.2, 0.25) is 0 Å². The van der Waals surface area contributed by atoms with Crippen LogP contribution in [0.1, 0.15) is 36.8 Å². The van der Waals surface area contributed by atoms with Gasteiger partial charge in [0.1, 0.15) is 5.78 Å². The molecule has 1 nitrogen and oxygen atoms in total. The van der Waals surface area contributed by atoms with Crippen LogP contribution < -0.4 is 0 Å². The number of hydrogen-bond acceptors (Lipinski definition) is 1. The molecule has 15 heavy (non-hydrogen) atoms. The zero-order valence-corrected chi connectivity index (χ0v) is 9.33. The number of carbonyl (C=O) groups is 1. The first-order chi connectivity index (χ1) is 7.25. The van der Waals surface area contributed by atoms with Crippen LogP contribution in [-0.4, -0.2) is 5.78 Å². The van der Waals surface area contributed by atoms with E-state index in [1.54, 1.807) is 0 Å². The Morgan fingerprint density at radius 1 is 1.20 bits per heavy atom. The smallest absolute Gasteiger partial charge is 0.136 e. The van der Waals surface area contributed by atoms with Crippen molar-refractivity contribution in [1.82, 2.24) is 0 Å². The Bertz CT molecular complexity index is 337. The van der Waals surface area contributed by atoms with Gasteiger partial charge in [-0.3, -0.25) is 4.79 Å². The predicted octanol–water partition coefficient (Wildman–Crippen LogP) is 3.30. The fourth-order valence-electron chi connectivity index (χ4n) is 2.28. The summed E-state index contributed by atoms with van der Waals surface area (Å²) in [6, 6.07) is 8.56. The van der Waals surface area contributed by atoms with E-state index >= 15 is 0 Å². The third kappa shape index (κ3) is 2.68. The van der Waals surface area contributed by atoms with Crippen LogP contribution in [0, 0.1) is 12.8 Å². The van der Waals surface area contributed by atoms with Crippen molar-refractivity contribution in [2.75, 3.05) is 0 Å². The highest BCUT2D eigenvalue weighted by molar-refractivity contribution is 5.81. The van der Waals surface area contributed by atoms with Gasteiger partial charge >= 0.3 is 0 Å². The van der Waals surface area contributed by atoms with Crippen molar-refractivity contribution < 1.29 is 4.79 Å². The van der Waals surface area contributed by atoms with Gasteiger partial charge in [0.25, 0.3) is 0 Å². The summed E-state index contributed by atoms with van der Waals surface area (Å²) in [6.07, 6.45) is 5.16. The van der Waals surface area contributed by atoms with E-state index in [0.29, 0.717) is 11.7 Å². The summed E-state index contributed by atoms with van der Waals surface area (Å²) >= 11 is 0. The van der Waals surface area contributed by atoms with Gasteiger partial charge in [-0.2, -0.15) is 0 Å². The summed E-state index contributed by atoms with van der Waals surface area (Å²) in [5, 5.41) is 0. The Kier molecular flexibility index (Phi) is 3.20. The first-order valence-electron chi connectivity index (χ1n) is 5.84. The highest BCUT2D eigenvalue weighted by Gasteiger charge is 2.21. The molecular formula is C14H18O. The summed E-state index contributed by atoms with van der Waals surface area (Å²) in [5.74, 6) is 0.767. The summed E-state index contributed by atoms with van der Waals surface area (Å²) in [5.41, 5.74) is 2.59. The summed E-state index contributed by atoms with van der Waals surface area (Å²) in [6.45, 7) is 2.09. The van der Waals surface area contributed by atoms with Gasteiger partial charge in [0, 0.05) is 12.3 Å². The van der Waals surface area contributed by atoms with Crippen molar-refractivity contribution >= 4 is 5.78 Å². The number of hydrogen-bond donors (Lipinski definition) is 0. The van der Waals surface area contributed by atoms with E-state index in [2.05, 4.69) is 31.2 Å². The molecule has 0 heterocycles. The Balaban J connectivity index is 2.01. The van der Waals surface area contributed by atoms with E-state index in [4.69, 9.17) is 0 Å². The molecule has 0 saturated heterocycles. The molecule has 1 fully saturated rings. The van der Waals surface area contributed by atoms with Crippen LogP contribution in [0.2, 0.25) is 0 Å². The van der Waals surface area contributed by atoms with Gasteiger partial charge in [-0.15, -0.1) is 0 Å². The molecule has 1 aromatic carbocycles. The average Bonchev–Trinajstić information content (AvgIpc) is 2.25. The van der Waals surface area contributed by atoms with Crippen molar-refractivity contribution in [3.63, 3.8) is 0 Å². The van der Waals surface area contributed by atoms with E-state index in [-0.39, 0.29) is 0 Å². The lowest BCUT2D eigenvalue weighted by Crippen LogP contribution is -2.20. The molecule has 1 atom stereocenters. The molecule has 0 unspecified atom stereocenters. The summed E-state index contributed by atoms with van der Waals surface area (Å²) < 4.78 is 0. The molecule has 0 amide bonds. The third-order valence-corrected chi connectivity index (χ3v) is 3.28. The second-order valence-electron chi connectivity index (χ2n) is 4.60. The number of benzene rings is 1. The minimum Gasteiger partial charge on any atom is -0.299 e. The molecule has 0 aliphatic heterocycles. The van der Waals surface area contributed by atoms with Crippen LogP contribution >= 0.6 is 0 Å². The van der Waals surface area contributed by atoms with Crippen molar-refractivity contribution in [3.8, 4) is 0 Å². The highest BCUT2D eigenvalue weighted by atomic mass is 16.1. The van der Waals surface area contributed by atoms with E-state index in [1.807, 2.05) is 0 Å². The number of aryl methyl sites for hydroxylation is 1. The monoisotopic (exact) mass is 202 g/mol. The maximum Gasteiger partial charge on any atom is 0.136 e. The van der Waals surface area contributed by atoms with E-state index in [0.717, 1.165) is 25.7 Å². The van der Waals surface area contributed by atoms with Gasteiger partial charge < -0.3 is 0 Å². The van der Waals surface area contributed by atoms with Crippen LogP contribution in [0.5, 0.6) is 0 Å². The van der Waals surface area contributed by atoms with Crippen molar-refractivity contribution in [2.24, 2.45) is 5.92 Å². The molecule has 0 radical (unpaired) electrons. The quantitative estimate of drug-likeness (QED) is 0.719. The number of ketones is 1. The Morgan fingerprint density at radius 3 is 2.60 bits per heavy atom. The Morgan fingerprint density at radius 2 is 1.93 bits per heavy atom. The first kappa shape index (κ1) is 10.4. The zero-order valence-electron chi connectivity index (χ0n) is 9.33.